The minimum absolute atomic E-state index is 0.132. The molecule has 0 atom stereocenters. The maximum Gasteiger partial charge on any atom is 0.254 e. The van der Waals surface area contributed by atoms with Crippen molar-refractivity contribution >= 4 is 32.6 Å². The topological polar surface area (TPSA) is 36.4 Å². The Morgan fingerprint density at radius 3 is 2.46 bits per heavy atom. The zero-order valence-corrected chi connectivity index (χ0v) is 14.4. The Bertz CT molecular complexity index is 983. The van der Waals surface area contributed by atoms with E-state index in [4.69, 9.17) is 0 Å². The van der Waals surface area contributed by atoms with Gasteiger partial charge in [0.05, 0.1) is 10.2 Å². The van der Waals surface area contributed by atoms with Crippen LogP contribution in [-0.4, -0.2) is 42.0 Å². The molecule has 0 N–H and O–H groups in total. The van der Waals surface area contributed by atoms with E-state index in [2.05, 4.69) is 4.98 Å². The van der Waals surface area contributed by atoms with Crippen LogP contribution in [0, 0.1) is 17.5 Å². The summed E-state index contributed by atoms with van der Waals surface area (Å²) in [5, 5.41) is 0.783. The van der Waals surface area contributed by atoms with Crippen LogP contribution in [0.3, 0.4) is 0 Å². The molecular weight excluding hydrogens is 363 g/mol. The largest absolute Gasteiger partial charge is 0.345 e. The number of hydrogen-bond donors (Lipinski definition) is 0. The van der Waals surface area contributed by atoms with E-state index in [1.807, 2.05) is 4.90 Å². The maximum absolute atomic E-state index is 13.3. The van der Waals surface area contributed by atoms with Crippen molar-refractivity contribution in [3.05, 3.63) is 59.4 Å². The number of nitrogens with zero attached hydrogens (tertiary/aromatic N) is 3. The van der Waals surface area contributed by atoms with Crippen LogP contribution in [0.2, 0.25) is 0 Å². The monoisotopic (exact) mass is 377 g/mol. The molecule has 4 nitrogen and oxygen atoms in total. The standard InChI is InChI=1S/C18H14F3N3OS/c19-12-2-4-15-16(10-12)26-18(22-15)24-7-5-23(6-8-24)17(25)11-1-3-13(20)14(21)9-11/h1-4,9-10H,5-8H2. The zero-order chi connectivity index (χ0) is 18.3. The van der Waals surface area contributed by atoms with Crippen LogP contribution in [0.15, 0.2) is 36.4 Å². The lowest BCUT2D eigenvalue weighted by molar-refractivity contribution is 0.0746. The number of aromatic nitrogens is 1. The molecule has 134 valence electrons. The number of anilines is 1. The van der Waals surface area contributed by atoms with Gasteiger partial charge in [-0.2, -0.15) is 0 Å². The molecule has 0 radical (unpaired) electrons. The highest BCUT2D eigenvalue weighted by atomic mass is 32.1. The lowest BCUT2D eigenvalue weighted by Gasteiger charge is -2.34. The number of carbonyl (C=O) groups excluding carboxylic acids is 1. The van der Waals surface area contributed by atoms with Gasteiger partial charge in [-0.25, -0.2) is 18.2 Å². The molecule has 1 aliphatic rings. The van der Waals surface area contributed by atoms with E-state index in [9.17, 15) is 18.0 Å². The van der Waals surface area contributed by atoms with Crippen LogP contribution < -0.4 is 4.90 Å². The molecule has 0 saturated carbocycles. The van der Waals surface area contributed by atoms with E-state index in [1.165, 1.54) is 29.5 Å². The van der Waals surface area contributed by atoms with E-state index in [0.29, 0.717) is 26.2 Å². The van der Waals surface area contributed by atoms with E-state index in [1.54, 1.807) is 11.0 Å². The van der Waals surface area contributed by atoms with Crippen LogP contribution in [0.25, 0.3) is 10.2 Å². The van der Waals surface area contributed by atoms with Crippen molar-refractivity contribution in [3.8, 4) is 0 Å². The fourth-order valence-electron chi connectivity index (χ4n) is 2.93. The second-order valence-electron chi connectivity index (χ2n) is 6.02. The number of thiazole rings is 1. The van der Waals surface area contributed by atoms with Crippen LogP contribution >= 0.6 is 11.3 Å². The first-order valence-electron chi connectivity index (χ1n) is 8.06. The van der Waals surface area contributed by atoms with Gasteiger partial charge in [-0.3, -0.25) is 4.79 Å². The Hall–Kier alpha value is -2.61. The number of benzene rings is 2. The highest BCUT2D eigenvalue weighted by Crippen LogP contribution is 2.30. The highest BCUT2D eigenvalue weighted by molar-refractivity contribution is 7.22. The SMILES string of the molecule is O=C(c1ccc(F)c(F)c1)N1CCN(c2nc3ccc(F)cc3s2)CC1. The predicted molar refractivity (Wildman–Crippen MR) is 94.1 cm³/mol. The molecule has 1 aliphatic heterocycles. The summed E-state index contributed by atoms with van der Waals surface area (Å²) in [6, 6.07) is 7.65. The minimum Gasteiger partial charge on any atom is -0.345 e. The number of carbonyl (C=O) groups is 1. The van der Waals surface area contributed by atoms with Crippen molar-refractivity contribution in [1.29, 1.82) is 0 Å². The van der Waals surface area contributed by atoms with Crippen molar-refractivity contribution in [1.82, 2.24) is 9.88 Å². The number of amides is 1. The molecule has 3 aromatic rings. The molecule has 1 amide bonds. The van der Waals surface area contributed by atoms with Crippen molar-refractivity contribution in [3.63, 3.8) is 0 Å². The van der Waals surface area contributed by atoms with E-state index < -0.39 is 11.6 Å². The summed E-state index contributed by atoms with van der Waals surface area (Å²) in [6.45, 7) is 2.03. The molecule has 1 saturated heterocycles. The van der Waals surface area contributed by atoms with Gasteiger partial charge in [0, 0.05) is 31.7 Å². The molecule has 2 heterocycles. The number of rotatable bonds is 2. The molecule has 0 unspecified atom stereocenters. The third kappa shape index (κ3) is 3.12. The second-order valence-corrected chi connectivity index (χ2v) is 7.03. The van der Waals surface area contributed by atoms with Gasteiger partial charge in [0.15, 0.2) is 16.8 Å². The van der Waals surface area contributed by atoms with Gasteiger partial charge >= 0.3 is 0 Å². The van der Waals surface area contributed by atoms with Crippen molar-refractivity contribution < 1.29 is 18.0 Å². The molecule has 1 aromatic heterocycles. The van der Waals surface area contributed by atoms with Crippen LogP contribution in [0.4, 0.5) is 18.3 Å². The highest BCUT2D eigenvalue weighted by Gasteiger charge is 2.24. The zero-order valence-electron chi connectivity index (χ0n) is 13.6. The summed E-state index contributed by atoms with van der Waals surface area (Å²) >= 11 is 1.41. The van der Waals surface area contributed by atoms with E-state index in [0.717, 1.165) is 27.5 Å². The normalized spacial score (nSPS) is 14.9. The number of halogens is 3. The molecule has 0 aliphatic carbocycles. The van der Waals surface area contributed by atoms with Gasteiger partial charge in [-0.1, -0.05) is 11.3 Å². The van der Waals surface area contributed by atoms with Gasteiger partial charge in [0.1, 0.15) is 5.82 Å². The van der Waals surface area contributed by atoms with Gasteiger partial charge in [0.2, 0.25) is 0 Å². The molecule has 0 bridgehead atoms. The van der Waals surface area contributed by atoms with Gasteiger partial charge in [0.25, 0.3) is 5.91 Å². The number of hydrogen-bond acceptors (Lipinski definition) is 4. The summed E-state index contributed by atoms with van der Waals surface area (Å²) in [5.74, 6) is -2.63. The number of piperazine rings is 1. The van der Waals surface area contributed by atoms with Gasteiger partial charge in [-0.15, -0.1) is 0 Å². The molecule has 8 heteroatoms. The van der Waals surface area contributed by atoms with Crippen LogP contribution in [-0.2, 0) is 0 Å². The predicted octanol–water partition coefficient (Wildman–Crippen LogP) is 3.68. The summed E-state index contributed by atoms with van der Waals surface area (Å²) < 4.78 is 40.4. The molecule has 26 heavy (non-hydrogen) atoms. The molecule has 0 spiro atoms. The Kier molecular flexibility index (Phi) is 4.28. The molecular formula is C18H14F3N3OS. The first-order valence-corrected chi connectivity index (χ1v) is 8.88. The average molecular weight is 377 g/mol. The van der Waals surface area contributed by atoms with Crippen molar-refractivity contribution in [2.45, 2.75) is 0 Å². The summed E-state index contributed by atoms with van der Waals surface area (Å²) in [5.41, 5.74) is 0.875. The smallest absolute Gasteiger partial charge is 0.254 e. The van der Waals surface area contributed by atoms with E-state index >= 15 is 0 Å². The Balaban J connectivity index is 1.46. The average Bonchev–Trinajstić information content (AvgIpc) is 3.06. The van der Waals surface area contributed by atoms with E-state index in [-0.39, 0.29) is 17.3 Å². The first-order chi connectivity index (χ1) is 12.5. The lowest BCUT2D eigenvalue weighted by Crippen LogP contribution is -2.48. The number of fused-ring (bicyclic) bond motifs is 1. The summed E-state index contributed by atoms with van der Waals surface area (Å²) in [4.78, 5) is 20.6. The third-order valence-electron chi connectivity index (χ3n) is 4.34. The summed E-state index contributed by atoms with van der Waals surface area (Å²) in [7, 11) is 0. The fraction of sp³-hybridized carbons (Fsp3) is 0.222. The molecule has 2 aromatic carbocycles. The Morgan fingerprint density at radius 1 is 0.962 bits per heavy atom. The van der Waals surface area contributed by atoms with Gasteiger partial charge < -0.3 is 9.80 Å². The van der Waals surface area contributed by atoms with Gasteiger partial charge in [-0.05, 0) is 36.4 Å². The minimum atomic E-state index is -1.03. The second kappa shape index (κ2) is 6.60. The van der Waals surface area contributed by atoms with Crippen molar-refractivity contribution in [2.24, 2.45) is 0 Å². The molecule has 4 rings (SSSR count). The molecule has 1 fully saturated rings. The fourth-order valence-corrected chi connectivity index (χ4v) is 3.98. The van der Waals surface area contributed by atoms with Crippen LogP contribution in [0.5, 0.6) is 0 Å². The first kappa shape index (κ1) is 16.8. The maximum atomic E-state index is 13.3. The lowest BCUT2D eigenvalue weighted by atomic mass is 10.1. The van der Waals surface area contributed by atoms with Crippen molar-refractivity contribution in [2.75, 3.05) is 31.1 Å². The third-order valence-corrected chi connectivity index (χ3v) is 5.42. The quantitative estimate of drug-likeness (QED) is 0.684. The van der Waals surface area contributed by atoms with Crippen LogP contribution in [0.1, 0.15) is 10.4 Å². The Morgan fingerprint density at radius 2 is 1.73 bits per heavy atom. The Labute approximate surface area is 151 Å². The summed E-state index contributed by atoms with van der Waals surface area (Å²) in [6.07, 6.45) is 0.